The van der Waals surface area contributed by atoms with Crippen molar-refractivity contribution in [3.63, 3.8) is 0 Å². The highest BCUT2D eigenvalue weighted by Crippen LogP contribution is 2.26. The number of rotatable bonds is 4. The van der Waals surface area contributed by atoms with Gasteiger partial charge in [0, 0.05) is 17.5 Å². The number of benzene rings is 1. The van der Waals surface area contributed by atoms with Gasteiger partial charge in [0.2, 0.25) is 5.91 Å². The summed E-state index contributed by atoms with van der Waals surface area (Å²) in [5, 5.41) is 7.62. The van der Waals surface area contributed by atoms with Gasteiger partial charge in [-0.15, -0.1) is 0 Å². The van der Waals surface area contributed by atoms with Gasteiger partial charge >= 0.3 is 0 Å². The van der Waals surface area contributed by atoms with Gasteiger partial charge in [0.05, 0.1) is 11.1 Å². The van der Waals surface area contributed by atoms with E-state index in [9.17, 15) is 9.59 Å². The molecular formula is C19H20N4O3. The first-order valence-electron chi connectivity index (χ1n) is 8.84. The molecule has 1 aliphatic carbocycles. The largest absolute Gasteiger partial charge is 0.352 e. The molecule has 2 aromatic heterocycles. The SMILES string of the molecule is Cc1noc(-c2cc(=O)n(CC(=O)NC3CCCC3)c3ccccc23)n1. The minimum Gasteiger partial charge on any atom is -0.352 e. The third-order valence-corrected chi connectivity index (χ3v) is 4.80. The minimum absolute atomic E-state index is 0.00100. The Bertz CT molecular complexity index is 1020. The maximum absolute atomic E-state index is 12.7. The van der Waals surface area contributed by atoms with Crippen molar-refractivity contribution in [1.82, 2.24) is 20.0 Å². The van der Waals surface area contributed by atoms with Gasteiger partial charge in [-0.1, -0.05) is 36.2 Å². The van der Waals surface area contributed by atoms with Crippen molar-refractivity contribution < 1.29 is 9.32 Å². The fraction of sp³-hybridized carbons (Fsp3) is 0.368. The third-order valence-electron chi connectivity index (χ3n) is 4.80. The Kier molecular flexibility index (Phi) is 4.28. The van der Waals surface area contributed by atoms with Crippen molar-refractivity contribution in [2.24, 2.45) is 0 Å². The van der Waals surface area contributed by atoms with Gasteiger partial charge in [-0.2, -0.15) is 4.98 Å². The number of carbonyl (C=O) groups is 1. The summed E-state index contributed by atoms with van der Waals surface area (Å²) in [4.78, 5) is 29.3. The number of hydrogen-bond donors (Lipinski definition) is 1. The molecule has 1 amide bonds. The lowest BCUT2D eigenvalue weighted by molar-refractivity contribution is -0.122. The normalized spacial score (nSPS) is 14.8. The predicted octanol–water partition coefficient (Wildman–Crippen LogP) is 2.42. The number of aromatic nitrogens is 3. The van der Waals surface area contributed by atoms with E-state index in [1.165, 1.54) is 10.6 Å². The summed E-state index contributed by atoms with van der Waals surface area (Å²) in [6.07, 6.45) is 4.31. The Morgan fingerprint density at radius 1 is 1.31 bits per heavy atom. The van der Waals surface area contributed by atoms with Crippen molar-refractivity contribution in [2.45, 2.75) is 45.2 Å². The summed E-state index contributed by atoms with van der Waals surface area (Å²) < 4.78 is 6.73. The van der Waals surface area contributed by atoms with E-state index in [1.807, 2.05) is 24.3 Å². The summed E-state index contributed by atoms with van der Waals surface area (Å²) in [6, 6.07) is 9.11. The molecule has 1 aromatic carbocycles. The first-order chi connectivity index (χ1) is 12.6. The number of fused-ring (bicyclic) bond motifs is 1. The molecule has 0 saturated heterocycles. The van der Waals surface area contributed by atoms with E-state index >= 15 is 0 Å². The maximum Gasteiger partial charge on any atom is 0.258 e. The molecule has 0 spiro atoms. The molecule has 0 bridgehead atoms. The number of pyridine rings is 1. The van der Waals surface area contributed by atoms with Gasteiger partial charge in [0.15, 0.2) is 5.82 Å². The average Bonchev–Trinajstić information content (AvgIpc) is 3.29. The van der Waals surface area contributed by atoms with E-state index in [0.717, 1.165) is 31.1 Å². The Labute approximate surface area is 150 Å². The molecule has 1 saturated carbocycles. The Morgan fingerprint density at radius 2 is 2.08 bits per heavy atom. The van der Waals surface area contributed by atoms with E-state index in [-0.39, 0.29) is 24.1 Å². The molecule has 1 fully saturated rings. The quantitative estimate of drug-likeness (QED) is 0.779. The number of para-hydroxylation sites is 1. The van der Waals surface area contributed by atoms with Crippen LogP contribution in [0.25, 0.3) is 22.4 Å². The zero-order valence-corrected chi connectivity index (χ0v) is 14.6. The summed E-state index contributed by atoms with van der Waals surface area (Å²) in [5.41, 5.74) is 0.988. The van der Waals surface area contributed by atoms with Crippen LogP contribution < -0.4 is 10.9 Å². The molecule has 0 radical (unpaired) electrons. The number of amides is 1. The van der Waals surface area contributed by atoms with E-state index in [2.05, 4.69) is 15.5 Å². The number of carbonyl (C=O) groups excluding carboxylic acids is 1. The number of aryl methyl sites for hydroxylation is 1. The van der Waals surface area contributed by atoms with Crippen LogP contribution in [-0.2, 0) is 11.3 Å². The van der Waals surface area contributed by atoms with Crippen molar-refractivity contribution in [1.29, 1.82) is 0 Å². The highest BCUT2D eigenvalue weighted by atomic mass is 16.5. The van der Waals surface area contributed by atoms with Gasteiger partial charge in [-0.25, -0.2) is 0 Å². The highest BCUT2D eigenvalue weighted by Gasteiger charge is 2.19. The molecule has 0 atom stereocenters. The van der Waals surface area contributed by atoms with E-state index in [0.29, 0.717) is 22.8 Å². The van der Waals surface area contributed by atoms with Crippen LogP contribution >= 0.6 is 0 Å². The Hall–Kier alpha value is -2.96. The second-order valence-corrected chi connectivity index (χ2v) is 6.70. The van der Waals surface area contributed by atoms with E-state index < -0.39 is 0 Å². The van der Waals surface area contributed by atoms with Crippen LogP contribution in [-0.4, -0.2) is 26.7 Å². The Morgan fingerprint density at radius 3 is 2.81 bits per heavy atom. The monoisotopic (exact) mass is 352 g/mol. The number of nitrogens with zero attached hydrogens (tertiary/aromatic N) is 3. The van der Waals surface area contributed by atoms with Crippen LogP contribution in [0.2, 0.25) is 0 Å². The molecule has 134 valence electrons. The van der Waals surface area contributed by atoms with Crippen LogP contribution in [0.1, 0.15) is 31.5 Å². The first-order valence-corrected chi connectivity index (χ1v) is 8.84. The molecule has 2 heterocycles. The first kappa shape index (κ1) is 16.5. The van der Waals surface area contributed by atoms with Crippen LogP contribution in [0.3, 0.4) is 0 Å². The number of nitrogens with one attached hydrogen (secondary N) is 1. The fourth-order valence-electron chi connectivity index (χ4n) is 3.57. The molecule has 1 N–H and O–H groups in total. The summed E-state index contributed by atoms with van der Waals surface area (Å²) in [5.74, 6) is 0.674. The zero-order valence-electron chi connectivity index (χ0n) is 14.6. The smallest absolute Gasteiger partial charge is 0.258 e. The second-order valence-electron chi connectivity index (χ2n) is 6.70. The van der Waals surface area contributed by atoms with Crippen molar-refractivity contribution >= 4 is 16.8 Å². The molecule has 7 nitrogen and oxygen atoms in total. The van der Waals surface area contributed by atoms with Gasteiger partial charge in [0.1, 0.15) is 6.54 Å². The van der Waals surface area contributed by atoms with Gasteiger partial charge in [-0.05, 0) is 25.8 Å². The topological polar surface area (TPSA) is 90.0 Å². The molecule has 3 aromatic rings. The highest BCUT2D eigenvalue weighted by molar-refractivity contribution is 5.93. The van der Waals surface area contributed by atoms with E-state index in [1.54, 1.807) is 6.92 Å². The van der Waals surface area contributed by atoms with Gasteiger partial charge in [0.25, 0.3) is 11.4 Å². The van der Waals surface area contributed by atoms with Crippen LogP contribution in [0.15, 0.2) is 39.6 Å². The lowest BCUT2D eigenvalue weighted by Crippen LogP contribution is -2.37. The zero-order chi connectivity index (χ0) is 18.1. The lowest BCUT2D eigenvalue weighted by atomic mass is 10.1. The summed E-state index contributed by atoms with van der Waals surface area (Å²) in [6.45, 7) is 1.72. The Balaban J connectivity index is 1.73. The lowest BCUT2D eigenvalue weighted by Gasteiger charge is -2.15. The standard InChI is InChI=1S/C19H20N4O3/c1-12-20-19(26-22-12)15-10-18(25)23(16-9-5-4-8-14(15)16)11-17(24)21-13-6-2-3-7-13/h4-5,8-10,13H,2-3,6-7,11H2,1H3,(H,21,24). The minimum atomic E-state index is -0.267. The van der Waals surface area contributed by atoms with Crippen LogP contribution in [0.4, 0.5) is 0 Å². The van der Waals surface area contributed by atoms with Gasteiger partial charge in [-0.3, -0.25) is 14.2 Å². The summed E-state index contributed by atoms with van der Waals surface area (Å²) >= 11 is 0. The number of hydrogen-bond acceptors (Lipinski definition) is 5. The van der Waals surface area contributed by atoms with Crippen molar-refractivity contribution in [3.05, 3.63) is 46.5 Å². The molecule has 4 rings (SSSR count). The molecule has 0 unspecified atom stereocenters. The molecule has 7 heteroatoms. The molecular weight excluding hydrogens is 332 g/mol. The average molecular weight is 352 g/mol. The van der Waals surface area contributed by atoms with E-state index in [4.69, 9.17) is 4.52 Å². The summed E-state index contributed by atoms with van der Waals surface area (Å²) in [7, 11) is 0. The predicted molar refractivity (Wildman–Crippen MR) is 96.6 cm³/mol. The van der Waals surface area contributed by atoms with Gasteiger partial charge < -0.3 is 9.84 Å². The molecule has 1 aliphatic rings. The fourth-order valence-corrected chi connectivity index (χ4v) is 3.57. The maximum atomic E-state index is 12.7. The molecule has 0 aliphatic heterocycles. The van der Waals surface area contributed by atoms with Crippen molar-refractivity contribution in [2.75, 3.05) is 0 Å². The molecule has 26 heavy (non-hydrogen) atoms. The van der Waals surface area contributed by atoms with Crippen LogP contribution in [0, 0.1) is 6.92 Å². The van der Waals surface area contributed by atoms with Crippen molar-refractivity contribution in [3.8, 4) is 11.5 Å². The third kappa shape index (κ3) is 3.12. The van der Waals surface area contributed by atoms with Crippen LogP contribution in [0.5, 0.6) is 0 Å². The second kappa shape index (κ2) is 6.74.